The molecule has 3 aromatic rings. The number of H-pyrrole nitrogens is 1. The Hall–Kier alpha value is -3.22. The minimum absolute atomic E-state index is 0.0299. The number of nitrogens with one attached hydrogen (secondary N) is 1. The van der Waals surface area contributed by atoms with Crippen LogP contribution in [0.25, 0.3) is 10.9 Å². The molecule has 4 rings (SSSR count). The Morgan fingerprint density at radius 2 is 1.97 bits per heavy atom. The van der Waals surface area contributed by atoms with E-state index in [4.69, 9.17) is 14.2 Å². The van der Waals surface area contributed by atoms with Crippen LogP contribution in [0.1, 0.15) is 41.4 Å². The normalized spacial score (nSPS) is 16.7. The molecule has 1 aliphatic heterocycles. The van der Waals surface area contributed by atoms with Gasteiger partial charge in [0.2, 0.25) is 5.75 Å². The second-order valence-corrected chi connectivity index (χ2v) is 7.09. The lowest BCUT2D eigenvalue weighted by Gasteiger charge is -2.35. The van der Waals surface area contributed by atoms with E-state index in [1.807, 2.05) is 35.4 Å². The lowest BCUT2D eigenvalue weighted by atomic mass is 9.96. The number of aromatic nitrogens is 2. The third kappa shape index (κ3) is 3.37. The highest BCUT2D eigenvalue weighted by molar-refractivity contribution is 6.01. The van der Waals surface area contributed by atoms with Crippen molar-refractivity contribution in [3.8, 4) is 17.2 Å². The summed E-state index contributed by atoms with van der Waals surface area (Å²) in [6.07, 6.45) is 6.62. The smallest absolute Gasteiger partial charge is 0.270 e. The van der Waals surface area contributed by atoms with Crippen molar-refractivity contribution >= 4 is 16.8 Å². The van der Waals surface area contributed by atoms with E-state index in [0.717, 1.165) is 42.3 Å². The molecule has 1 fully saturated rings. The zero-order chi connectivity index (χ0) is 20.4. The molecule has 2 aromatic heterocycles. The summed E-state index contributed by atoms with van der Waals surface area (Å²) in [6.45, 7) is 0.720. The number of fused-ring (bicyclic) bond motifs is 1. The molecule has 7 heteroatoms. The number of benzene rings is 1. The number of likely N-dealkylation sites (tertiary alicyclic amines) is 1. The van der Waals surface area contributed by atoms with Gasteiger partial charge in [0.05, 0.1) is 32.9 Å². The summed E-state index contributed by atoms with van der Waals surface area (Å²) in [5.74, 6) is 1.56. The Labute approximate surface area is 169 Å². The number of methoxy groups -OCH3 is 3. The van der Waals surface area contributed by atoms with Gasteiger partial charge in [0.15, 0.2) is 11.5 Å². The van der Waals surface area contributed by atoms with Crippen LogP contribution in [0.15, 0.2) is 36.7 Å². The van der Waals surface area contributed by atoms with Crippen LogP contribution in [0.4, 0.5) is 0 Å². The number of carbonyl (C=O) groups is 1. The van der Waals surface area contributed by atoms with E-state index in [9.17, 15) is 4.79 Å². The van der Waals surface area contributed by atoms with Crippen LogP contribution < -0.4 is 14.2 Å². The van der Waals surface area contributed by atoms with Crippen molar-refractivity contribution in [2.24, 2.45) is 0 Å². The average Bonchev–Trinajstić information content (AvgIpc) is 3.21. The number of amides is 1. The number of piperidine rings is 1. The second kappa shape index (κ2) is 8.03. The van der Waals surface area contributed by atoms with Gasteiger partial charge in [-0.25, -0.2) is 0 Å². The summed E-state index contributed by atoms with van der Waals surface area (Å²) < 4.78 is 16.4. The highest BCUT2D eigenvalue weighted by Gasteiger charge is 2.30. The molecule has 0 aliphatic carbocycles. The molecule has 1 N–H and O–H groups in total. The van der Waals surface area contributed by atoms with E-state index in [-0.39, 0.29) is 11.9 Å². The van der Waals surface area contributed by atoms with Gasteiger partial charge in [-0.1, -0.05) is 6.07 Å². The Morgan fingerprint density at radius 3 is 2.66 bits per heavy atom. The first-order valence-corrected chi connectivity index (χ1v) is 9.70. The maximum Gasteiger partial charge on any atom is 0.270 e. The molecule has 0 saturated carbocycles. The highest BCUT2D eigenvalue weighted by atomic mass is 16.5. The number of carbonyl (C=O) groups excluding carboxylic acids is 1. The molecule has 1 aromatic carbocycles. The predicted molar refractivity (Wildman–Crippen MR) is 110 cm³/mol. The summed E-state index contributed by atoms with van der Waals surface area (Å²) in [7, 11) is 4.72. The molecular formula is C22H25N3O4. The van der Waals surface area contributed by atoms with E-state index >= 15 is 0 Å². The van der Waals surface area contributed by atoms with Crippen molar-refractivity contribution in [3.63, 3.8) is 0 Å². The fourth-order valence-corrected chi connectivity index (χ4v) is 4.11. The van der Waals surface area contributed by atoms with Gasteiger partial charge in [-0.05, 0) is 37.0 Å². The van der Waals surface area contributed by atoms with Crippen LogP contribution in [-0.2, 0) is 0 Å². The van der Waals surface area contributed by atoms with Crippen LogP contribution in [0.3, 0.4) is 0 Å². The molecule has 1 amide bonds. The van der Waals surface area contributed by atoms with Crippen LogP contribution in [0.5, 0.6) is 17.2 Å². The van der Waals surface area contributed by atoms with E-state index in [1.165, 1.54) is 0 Å². The highest BCUT2D eigenvalue weighted by Crippen LogP contribution is 2.43. The van der Waals surface area contributed by atoms with Crippen molar-refractivity contribution in [1.29, 1.82) is 0 Å². The summed E-state index contributed by atoms with van der Waals surface area (Å²) >= 11 is 0. The summed E-state index contributed by atoms with van der Waals surface area (Å²) in [4.78, 5) is 22.8. The van der Waals surface area contributed by atoms with Gasteiger partial charge in [-0.15, -0.1) is 0 Å². The van der Waals surface area contributed by atoms with Gasteiger partial charge >= 0.3 is 0 Å². The number of hydrogen-bond donors (Lipinski definition) is 1. The first-order valence-electron chi connectivity index (χ1n) is 9.70. The van der Waals surface area contributed by atoms with Gasteiger partial charge in [-0.3, -0.25) is 9.78 Å². The molecule has 1 unspecified atom stereocenters. The number of aromatic amines is 1. The number of hydrogen-bond acceptors (Lipinski definition) is 5. The summed E-state index contributed by atoms with van der Waals surface area (Å²) in [5, 5.41) is 0.781. The molecular weight excluding hydrogens is 370 g/mol. The fourth-order valence-electron chi connectivity index (χ4n) is 4.11. The third-order valence-corrected chi connectivity index (χ3v) is 5.49. The Kier molecular flexibility index (Phi) is 5.29. The molecule has 3 heterocycles. The summed E-state index contributed by atoms with van der Waals surface area (Å²) in [6, 6.07) is 7.63. The van der Waals surface area contributed by atoms with E-state index in [1.54, 1.807) is 27.5 Å². The van der Waals surface area contributed by atoms with Gasteiger partial charge < -0.3 is 24.1 Å². The monoisotopic (exact) mass is 395 g/mol. The van der Waals surface area contributed by atoms with Gasteiger partial charge in [0.1, 0.15) is 5.69 Å². The lowest BCUT2D eigenvalue weighted by Crippen LogP contribution is -2.38. The number of pyridine rings is 1. The molecule has 0 spiro atoms. The Morgan fingerprint density at radius 1 is 1.14 bits per heavy atom. The van der Waals surface area contributed by atoms with E-state index < -0.39 is 0 Å². The number of rotatable bonds is 5. The first-order chi connectivity index (χ1) is 14.2. The Balaban J connectivity index is 1.74. The van der Waals surface area contributed by atoms with Crippen molar-refractivity contribution in [3.05, 3.63) is 47.9 Å². The SMILES string of the molecule is COc1cc2[nH]c(C(=O)N3CCCCC3c3cccnc3)cc2c(OC)c1OC. The average molecular weight is 395 g/mol. The minimum Gasteiger partial charge on any atom is -0.493 e. The topological polar surface area (TPSA) is 76.7 Å². The van der Waals surface area contributed by atoms with Crippen LogP contribution >= 0.6 is 0 Å². The molecule has 152 valence electrons. The molecule has 0 radical (unpaired) electrons. The zero-order valence-corrected chi connectivity index (χ0v) is 16.9. The van der Waals surface area contributed by atoms with Crippen molar-refractivity contribution in [1.82, 2.24) is 14.9 Å². The molecule has 7 nitrogen and oxygen atoms in total. The summed E-state index contributed by atoms with van der Waals surface area (Å²) in [5.41, 5.74) is 2.35. The maximum atomic E-state index is 13.4. The maximum absolute atomic E-state index is 13.4. The largest absolute Gasteiger partial charge is 0.493 e. The quantitative estimate of drug-likeness (QED) is 0.708. The van der Waals surface area contributed by atoms with E-state index in [0.29, 0.717) is 22.9 Å². The molecule has 1 atom stereocenters. The van der Waals surface area contributed by atoms with Crippen LogP contribution in [-0.4, -0.2) is 48.6 Å². The van der Waals surface area contributed by atoms with Gasteiger partial charge in [0, 0.05) is 30.4 Å². The molecule has 29 heavy (non-hydrogen) atoms. The standard InChI is InChI=1S/C22H25N3O4/c1-27-19-12-16-15(20(28-2)21(19)29-3)11-17(24-16)22(26)25-10-5-4-8-18(25)14-7-6-9-23-13-14/h6-7,9,11-13,18,24H,4-5,8,10H2,1-3H3. The van der Waals surface area contributed by atoms with Gasteiger partial charge in [0.25, 0.3) is 5.91 Å². The van der Waals surface area contributed by atoms with Crippen LogP contribution in [0.2, 0.25) is 0 Å². The van der Waals surface area contributed by atoms with Crippen molar-refractivity contribution < 1.29 is 19.0 Å². The fraction of sp³-hybridized carbons (Fsp3) is 0.364. The van der Waals surface area contributed by atoms with Crippen molar-refractivity contribution in [2.45, 2.75) is 25.3 Å². The predicted octanol–water partition coefficient (Wildman–Crippen LogP) is 3.96. The Bertz CT molecular complexity index is 1020. The molecule has 0 bridgehead atoms. The third-order valence-electron chi connectivity index (χ3n) is 5.49. The number of nitrogens with zero attached hydrogens (tertiary/aromatic N) is 2. The first kappa shape index (κ1) is 19.1. The molecule has 1 saturated heterocycles. The molecule has 1 aliphatic rings. The lowest BCUT2D eigenvalue weighted by molar-refractivity contribution is 0.0606. The van der Waals surface area contributed by atoms with E-state index in [2.05, 4.69) is 9.97 Å². The second-order valence-electron chi connectivity index (χ2n) is 7.09. The minimum atomic E-state index is -0.0326. The van der Waals surface area contributed by atoms with Crippen LogP contribution in [0, 0.1) is 0 Å². The zero-order valence-electron chi connectivity index (χ0n) is 16.9. The van der Waals surface area contributed by atoms with Crippen molar-refractivity contribution in [2.75, 3.05) is 27.9 Å². The van der Waals surface area contributed by atoms with Gasteiger partial charge in [-0.2, -0.15) is 0 Å². The number of ether oxygens (including phenoxy) is 3.